The Bertz CT molecular complexity index is 333. The highest BCUT2D eigenvalue weighted by Crippen LogP contribution is 2.21. The monoisotopic (exact) mass is 186 g/mol. The predicted molar refractivity (Wildman–Crippen MR) is 44.3 cm³/mol. The van der Waals surface area contributed by atoms with Crippen molar-refractivity contribution >= 4 is 5.82 Å². The molecule has 0 aliphatic rings. The van der Waals surface area contributed by atoms with Crippen LogP contribution < -0.4 is 10.5 Å². The minimum absolute atomic E-state index is 0.0587. The van der Waals surface area contributed by atoms with Crippen molar-refractivity contribution < 1.29 is 9.66 Å². The second-order valence-electron chi connectivity index (χ2n) is 2.39. The molecule has 7 heteroatoms. The number of methoxy groups -OCH3 is 1. The number of hydrogen-bond donors (Lipinski definition) is 1. The molecule has 0 aliphatic heterocycles. The van der Waals surface area contributed by atoms with Gasteiger partial charge in [0.15, 0.2) is 0 Å². The number of imidazole rings is 1. The number of rotatable bonds is 3. The van der Waals surface area contributed by atoms with E-state index in [4.69, 9.17) is 10.5 Å². The van der Waals surface area contributed by atoms with Crippen LogP contribution in [0.5, 0.6) is 6.01 Å². The molecule has 0 spiro atoms. The minimum atomic E-state index is -0.579. The number of ether oxygens (including phenoxy) is 1. The highest BCUT2D eigenvalue weighted by molar-refractivity contribution is 5.31. The summed E-state index contributed by atoms with van der Waals surface area (Å²) < 4.78 is 6.27. The normalized spacial score (nSPS) is 10.1. The number of nitrogens with two attached hydrogens (primary N) is 1. The maximum Gasteiger partial charge on any atom is 0.413 e. The Hall–Kier alpha value is -1.63. The topological polar surface area (TPSA) is 96.2 Å². The molecular formula is C6H10N4O3. The van der Waals surface area contributed by atoms with Gasteiger partial charge in [0.2, 0.25) is 0 Å². The van der Waals surface area contributed by atoms with Crippen LogP contribution in [0.4, 0.5) is 5.82 Å². The molecule has 0 bridgehead atoms. The minimum Gasteiger partial charge on any atom is -0.449 e. The molecular weight excluding hydrogens is 176 g/mol. The highest BCUT2D eigenvalue weighted by atomic mass is 16.6. The van der Waals surface area contributed by atoms with Gasteiger partial charge >= 0.3 is 11.8 Å². The molecule has 0 saturated heterocycles. The molecule has 72 valence electrons. The third-order valence-corrected chi connectivity index (χ3v) is 1.70. The maximum atomic E-state index is 10.5. The number of aromatic nitrogens is 2. The molecule has 7 nitrogen and oxygen atoms in total. The lowest BCUT2D eigenvalue weighted by atomic mass is 10.4. The van der Waals surface area contributed by atoms with Gasteiger partial charge in [-0.25, -0.2) is 0 Å². The summed E-state index contributed by atoms with van der Waals surface area (Å²) in [5, 5.41) is 10.5. The molecule has 2 N–H and O–H groups in total. The van der Waals surface area contributed by atoms with Crippen LogP contribution in [0.3, 0.4) is 0 Å². The molecule has 1 aromatic heterocycles. The average molecular weight is 186 g/mol. The van der Waals surface area contributed by atoms with E-state index in [0.717, 1.165) is 0 Å². The van der Waals surface area contributed by atoms with Gasteiger partial charge in [0.1, 0.15) is 5.69 Å². The van der Waals surface area contributed by atoms with E-state index in [1.807, 2.05) is 0 Å². The molecule has 1 aromatic rings. The lowest BCUT2D eigenvalue weighted by molar-refractivity contribution is -0.390. The fraction of sp³-hybridized carbons (Fsp3) is 0.500. The lowest BCUT2D eigenvalue weighted by Crippen LogP contribution is -2.06. The van der Waals surface area contributed by atoms with Crippen molar-refractivity contribution in [3.8, 4) is 6.01 Å². The van der Waals surface area contributed by atoms with Gasteiger partial charge in [-0.05, 0) is 4.92 Å². The second-order valence-corrected chi connectivity index (χ2v) is 2.39. The fourth-order valence-corrected chi connectivity index (χ4v) is 1.05. The van der Waals surface area contributed by atoms with Crippen molar-refractivity contribution in [1.82, 2.24) is 9.55 Å². The zero-order chi connectivity index (χ0) is 10.0. The predicted octanol–water partition coefficient (Wildman–Crippen LogP) is -0.204. The first-order valence-corrected chi connectivity index (χ1v) is 3.55. The van der Waals surface area contributed by atoms with Crippen LogP contribution in [0.1, 0.15) is 5.69 Å². The van der Waals surface area contributed by atoms with Gasteiger partial charge < -0.3 is 20.6 Å². The molecule has 0 saturated carbocycles. The second kappa shape index (κ2) is 3.40. The van der Waals surface area contributed by atoms with E-state index in [0.29, 0.717) is 5.69 Å². The molecule has 0 aliphatic carbocycles. The first-order chi connectivity index (χ1) is 6.11. The molecule has 0 radical (unpaired) electrons. The van der Waals surface area contributed by atoms with Crippen LogP contribution in [0.15, 0.2) is 0 Å². The van der Waals surface area contributed by atoms with E-state index in [1.54, 1.807) is 7.05 Å². The standard InChI is InChI=1S/C6H10N4O3/c1-9-4(3-7)5(10(11)12)8-6(9)13-2/h3,7H2,1-2H3. The van der Waals surface area contributed by atoms with Crippen LogP contribution in [0.2, 0.25) is 0 Å². The zero-order valence-electron chi connectivity index (χ0n) is 7.35. The van der Waals surface area contributed by atoms with Gasteiger partial charge in [-0.3, -0.25) is 4.57 Å². The molecule has 0 atom stereocenters. The van der Waals surface area contributed by atoms with Gasteiger partial charge in [-0.15, -0.1) is 0 Å². The smallest absolute Gasteiger partial charge is 0.413 e. The fourth-order valence-electron chi connectivity index (χ4n) is 1.05. The van der Waals surface area contributed by atoms with E-state index >= 15 is 0 Å². The molecule has 0 amide bonds. The van der Waals surface area contributed by atoms with E-state index < -0.39 is 4.92 Å². The van der Waals surface area contributed by atoms with E-state index in [-0.39, 0.29) is 18.4 Å². The SMILES string of the molecule is COc1nc([N+](=O)[O-])c(CN)n1C. The van der Waals surface area contributed by atoms with Gasteiger partial charge in [0, 0.05) is 18.6 Å². The Balaban J connectivity index is 3.27. The van der Waals surface area contributed by atoms with Gasteiger partial charge in [0.25, 0.3) is 0 Å². The maximum absolute atomic E-state index is 10.5. The van der Waals surface area contributed by atoms with Crippen molar-refractivity contribution in [2.24, 2.45) is 12.8 Å². The van der Waals surface area contributed by atoms with Crippen LogP contribution in [-0.2, 0) is 13.6 Å². The van der Waals surface area contributed by atoms with Gasteiger partial charge in [0.05, 0.1) is 7.11 Å². The molecule has 0 unspecified atom stereocenters. The number of nitro groups is 1. The molecule has 1 heterocycles. The van der Waals surface area contributed by atoms with Gasteiger partial charge in [-0.1, -0.05) is 0 Å². The number of hydrogen-bond acceptors (Lipinski definition) is 5. The Morgan fingerprint density at radius 3 is 2.69 bits per heavy atom. The highest BCUT2D eigenvalue weighted by Gasteiger charge is 2.24. The Kier molecular flexibility index (Phi) is 2.47. The lowest BCUT2D eigenvalue weighted by Gasteiger charge is -1.97. The van der Waals surface area contributed by atoms with E-state index in [9.17, 15) is 10.1 Å². The molecule has 1 rings (SSSR count). The number of nitrogens with zero attached hydrogens (tertiary/aromatic N) is 3. The summed E-state index contributed by atoms with van der Waals surface area (Å²) in [6.07, 6.45) is 0. The summed E-state index contributed by atoms with van der Waals surface area (Å²) in [7, 11) is 3.01. The first kappa shape index (κ1) is 9.46. The van der Waals surface area contributed by atoms with Crippen LogP contribution in [-0.4, -0.2) is 21.6 Å². The summed E-state index contributed by atoms with van der Waals surface area (Å²) in [4.78, 5) is 13.6. The van der Waals surface area contributed by atoms with Crippen molar-refractivity contribution in [2.75, 3.05) is 7.11 Å². The molecule has 0 fully saturated rings. The van der Waals surface area contributed by atoms with Crippen molar-refractivity contribution in [3.05, 3.63) is 15.8 Å². The van der Waals surface area contributed by atoms with Crippen LogP contribution in [0, 0.1) is 10.1 Å². The Labute approximate surface area is 74.3 Å². The Morgan fingerprint density at radius 2 is 2.38 bits per heavy atom. The Morgan fingerprint density at radius 1 is 1.77 bits per heavy atom. The van der Waals surface area contributed by atoms with Crippen molar-refractivity contribution in [1.29, 1.82) is 0 Å². The van der Waals surface area contributed by atoms with Gasteiger partial charge in [-0.2, -0.15) is 0 Å². The third-order valence-electron chi connectivity index (χ3n) is 1.70. The van der Waals surface area contributed by atoms with Crippen LogP contribution in [0.25, 0.3) is 0 Å². The van der Waals surface area contributed by atoms with Crippen LogP contribution >= 0.6 is 0 Å². The summed E-state index contributed by atoms with van der Waals surface area (Å²) in [6, 6.07) is 0.187. The third kappa shape index (κ3) is 1.45. The first-order valence-electron chi connectivity index (χ1n) is 3.55. The van der Waals surface area contributed by atoms with Crippen molar-refractivity contribution in [2.45, 2.75) is 6.54 Å². The summed E-state index contributed by atoms with van der Waals surface area (Å²) in [5.74, 6) is -0.248. The molecule has 13 heavy (non-hydrogen) atoms. The molecule has 0 aromatic carbocycles. The summed E-state index contributed by atoms with van der Waals surface area (Å²) >= 11 is 0. The quantitative estimate of drug-likeness (QED) is 0.520. The van der Waals surface area contributed by atoms with Crippen molar-refractivity contribution in [3.63, 3.8) is 0 Å². The van der Waals surface area contributed by atoms with E-state index in [1.165, 1.54) is 11.7 Å². The largest absolute Gasteiger partial charge is 0.449 e. The summed E-state index contributed by atoms with van der Waals surface area (Å²) in [5.41, 5.74) is 5.69. The van der Waals surface area contributed by atoms with E-state index in [2.05, 4.69) is 4.98 Å². The summed E-state index contributed by atoms with van der Waals surface area (Å²) in [6.45, 7) is 0.0587. The zero-order valence-corrected chi connectivity index (χ0v) is 7.35. The average Bonchev–Trinajstić information content (AvgIpc) is 2.42.